The largest absolute Gasteiger partial charge is 0.333 e. The summed E-state index contributed by atoms with van der Waals surface area (Å²) in [6, 6.07) is 10.8. The van der Waals surface area contributed by atoms with Crippen molar-refractivity contribution in [2.75, 3.05) is 12.4 Å². The molecule has 1 aromatic rings. The zero-order valence-corrected chi connectivity index (χ0v) is 15.4. The summed E-state index contributed by atoms with van der Waals surface area (Å²) >= 11 is 3.58. The molecule has 0 saturated carbocycles. The molecule has 1 aromatic carbocycles. The molecule has 22 heavy (non-hydrogen) atoms. The highest BCUT2D eigenvalue weighted by Gasteiger charge is 2.60. The van der Waals surface area contributed by atoms with Crippen molar-refractivity contribution >= 4 is 15.9 Å². The molecule has 5 atom stereocenters. The number of rotatable bonds is 3. The van der Waals surface area contributed by atoms with Crippen molar-refractivity contribution in [2.45, 2.75) is 51.4 Å². The van der Waals surface area contributed by atoms with Gasteiger partial charge in [0.15, 0.2) is 0 Å². The molecule has 0 aromatic heterocycles. The number of likely N-dealkylation sites (N-methyl/N-ethyl adjacent to an activating group) is 1. The third-order valence-corrected chi connectivity index (χ3v) is 5.98. The van der Waals surface area contributed by atoms with Gasteiger partial charge in [0.2, 0.25) is 5.91 Å². The van der Waals surface area contributed by atoms with E-state index >= 15 is 0 Å². The van der Waals surface area contributed by atoms with E-state index in [4.69, 9.17) is 9.47 Å². The minimum absolute atomic E-state index is 0.0570. The zero-order valence-electron chi connectivity index (χ0n) is 13.8. The van der Waals surface area contributed by atoms with Gasteiger partial charge < -0.3 is 9.47 Å². The van der Waals surface area contributed by atoms with Crippen molar-refractivity contribution in [3.63, 3.8) is 0 Å². The Balaban J connectivity index is 1.93. The van der Waals surface area contributed by atoms with Crippen LogP contribution in [0.3, 0.4) is 0 Å². The predicted octanol–water partition coefficient (Wildman–Crippen LogP) is 4.19. The number of benzene rings is 1. The van der Waals surface area contributed by atoms with E-state index in [1.165, 1.54) is 5.56 Å². The van der Waals surface area contributed by atoms with Crippen molar-refractivity contribution in [1.29, 1.82) is 0 Å². The molecule has 2 fully saturated rings. The van der Waals surface area contributed by atoms with Crippen LogP contribution in [0.4, 0.5) is 0 Å². The summed E-state index contributed by atoms with van der Waals surface area (Å²) in [7, 11) is 2.14. The van der Waals surface area contributed by atoms with Gasteiger partial charge in [0, 0.05) is 17.3 Å². The Kier molecular flexibility index (Phi) is 4.66. The fraction of sp³-hybridized carbons (Fsp3) is 0.667. The average molecular weight is 368 g/mol. The van der Waals surface area contributed by atoms with Crippen LogP contribution in [0, 0.1) is 11.8 Å². The fourth-order valence-corrected chi connectivity index (χ4v) is 4.29. The molecule has 4 heteroatoms. The van der Waals surface area contributed by atoms with Crippen LogP contribution in [-0.2, 0) is 9.47 Å². The highest BCUT2D eigenvalue weighted by Crippen LogP contribution is 2.52. The van der Waals surface area contributed by atoms with Crippen LogP contribution in [0.15, 0.2) is 30.3 Å². The Bertz CT molecular complexity index is 509. The Morgan fingerprint density at radius 1 is 1.27 bits per heavy atom. The number of alkyl halides is 1. The highest BCUT2D eigenvalue weighted by molar-refractivity contribution is 9.09. The second-order valence-corrected chi connectivity index (χ2v) is 7.56. The van der Waals surface area contributed by atoms with Crippen LogP contribution >= 0.6 is 15.9 Å². The van der Waals surface area contributed by atoms with Crippen LogP contribution in [0.5, 0.6) is 0 Å². The van der Waals surface area contributed by atoms with E-state index < -0.39 is 5.91 Å². The average Bonchev–Trinajstić information content (AvgIpc) is 3.02. The molecule has 2 heterocycles. The van der Waals surface area contributed by atoms with Gasteiger partial charge in [-0.3, -0.25) is 0 Å². The molecule has 2 aliphatic rings. The normalized spacial score (nSPS) is 39.2. The number of ether oxygens (including phenoxy) is 2. The SMILES string of the molecule is CC(C)[C@@H]1C[C@H](CBr)O[C@@]12O[C@@H](c1ccccc1)[C@H](C)N2C. The van der Waals surface area contributed by atoms with Crippen LogP contribution < -0.4 is 0 Å². The fourth-order valence-electron chi connectivity index (χ4n) is 3.89. The summed E-state index contributed by atoms with van der Waals surface area (Å²) in [5.41, 5.74) is 1.23. The van der Waals surface area contributed by atoms with Crippen molar-refractivity contribution in [1.82, 2.24) is 4.90 Å². The summed E-state index contributed by atoms with van der Waals surface area (Å²) in [5.74, 6) is 0.316. The van der Waals surface area contributed by atoms with Gasteiger partial charge in [-0.05, 0) is 31.9 Å². The van der Waals surface area contributed by atoms with Crippen LogP contribution in [0.25, 0.3) is 0 Å². The first-order valence-corrected chi connectivity index (χ1v) is 9.31. The first-order chi connectivity index (χ1) is 10.5. The highest BCUT2D eigenvalue weighted by atomic mass is 79.9. The molecule has 3 nitrogen and oxygen atoms in total. The Hall–Kier alpha value is -0.420. The molecule has 3 rings (SSSR count). The molecule has 0 radical (unpaired) electrons. The number of hydrogen-bond acceptors (Lipinski definition) is 3. The summed E-state index contributed by atoms with van der Waals surface area (Å²) in [6.07, 6.45) is 1.32. The minimum atomic E-state index is -0.591. The number of hydrogen-bond donors (Lipinski definition) is 0. The predicted molar refractivity (Wildman–Crippen MR) is 91.8 cm³/mol. The lowest BCUT2D eigenvalue weighted by Crippen LogP contribution is -2.51. The molecule has 1 spiro atoms. The van der Waals surface area contributed by atoms with Crippen molar-refractivity contribution in [3.05, 3.63) is 35.9 Å². The standard InChI is InChI=1S/C18H26BrNO2/c1-12(2)16-10-15(11-19)21-18(16)20(4)13(3)17(22-18)14-8-6-5-7-9-14/h5-9,12-13,15-17H,10-11H2,1-4H3/t13-,15+,16-,17+,18+/m0/s1. The van der Waals surface area contributed by atoms with Crippen LogP contribution in [0.2, 0.25) is 0 Å². The van der Waals surface area contributed by atoms with E-state index in [1.54, 1.807) is 0 Å². The lowest BCUT2D eigenvalue weighted by molar-refractivity contribution is -0.292. The maximum atomic E-state index is 6.61. The lowest BCUT2D eigenvalue weighted by atomic mass is 9.89. The topological polar surface area (TPSA) is 21.7 Å². The van der Waals surface area contributed by atoms with E-state index in [0.717, 1.165) is 11.8 Å². The number of nitrogens with zero attached hydrogens (tertiary/aromatic N) is 1. The molecule has 0 aliphatic carbocycles. The first-order valence-electron chi connectivity index (χ1n) is 8.19. The Labute approximate surface area is 142 Å². The van der Waals surface area contributed by atoms with E-state index in [2.05, 4.69) is 72.9 Å². The molecular formula is C18H26BrNO2. The molecule has 0 bridgehead atoms. The van der Waals surface area contributed by atoms with Crippen molar-refractivity contribution in [3.8, 4) is 0 Å². The molecule has 0 N–H and O–H groups in total. The summed E-state index contributed by atoms with van der Waals surface area (Å²) < 4.78 is 13.0. The minimum Gasteiger partial charge on any atom is -0.333 e. The third kappa shape index (κ3) is 2.54. The third-order valence-electron chi connectivity index (χ3n) is 5.26. The molecule has 0 unspecified atom stereocenters. The van der Waals surface area contributed by atoms with E-state index in [0.29, 0.717) is 11.8 Å². The monoisotopic (exact) mass is 367 g/mol. The van der Waals surface area contributed by atoms with Gasteiger partial charge >= 0.3 is 0 Å². The van der Waals surface area contributed by atoms with Gasteiger partial charge in [-0.2, -0.15) is 0 Å². The summed E-state index contributed by atoms with van der Waals surface area (Å²) in [6.45, 7) is 6.77. The van der Waals surface area contributed by atoms with Crippen molar-refractivity contribution in [2.24, 2.45) is 11.8 Å². The van der Waals surface area contributed by atoms with E-state index in [-0.39, 0.29) is 18.2 Å². The Morgan fingerprint density at radius 2 is 1.95 bits per heavy atom. The van der Waals surface area contributed by atoms with Gasteiger partial charge in [0.25, 0.3) is 0 Å². The molecule has 2 saturated heterocycles. The molecular weight excluding hydrogens is 342 g/mol. The maximum absolute atomic E-state index is 6.61. The maximum Gasteiger partial charge on any atom is 0.234 e. The van der Waals surface area contributed by atoms with Crippen LogP contribution in [0.1, 0.15) is 38.9 Å². The van der Waals surface area contributed by atoms with E-state index in [1.807, 2.05) is 6.07 Å². The van der Waals surface area contributed by atoms with E-state index in [9.17, 15) is 0 Å². The Morgan fingerprint density at radius 3 is 2.55 bits per heavy atom. The molecule has 2 aliphatic heterocycles. The zero-order chi connectivity index (χ0) is 15.9. The second-order valence-electron chi connectivity index (χ2n) is 6.91. The molecule has 0 amide bonds. The quantitative estimate of drug-likeness (QED) is 0.747. The second kappa shape index (κ2) is 6.23. The first kappa shape index (κ1) is 16.4. The summed E-state index contributed by atoms with van der Waals surface area (Å²) in [5, 5.41) is 0.861. The van der Waals surface area contributed by atoms with Crippen molar-refractivity contribution < 1.29 is 9.47 Å². The van der Waals surface area contributed by atoms with Gasteiger partial charge in [0.05, 0.1) is 6.10 Å². The van der Waals surface area contributed by atoms with Gasteiger partial charge in [0.1, 0.15) is 6.10 Å². The molecule has 122 valence electrons. The van der Waals surface area contributed by atoms with Gasteiger partial charge in [-0.25, -0.2) is 4.90 Å². The lowest BCUT2D eigenvalue weighted by Gasteiger charge is -2.38. The van der Waals surface area contributed by atoms with Gasteiger partial charge in [-0.15, -0.1) is 0 Å². The number of halogens is 1. The smallest absolute Gasteiger partial charge is 0.234 e. The van der Waals surface area contributed by atoms with Crippen LogP contribution in [-0.4, -0.2) is 35.3 Å². The van der Waals surface area contributed by atoms with Gasteiger partial charge in [-0.1, -0.05) is 60.1 Å². The summed E-state index contributed by atoms with van der Waals surface area (Å²) in [4.78, 5) is 2.30.